The van der Waals surface area contributed by atoms with Crippen molar-refractivity contribution in [3.05, 3.63) is 39.4 Å². The number of aromatic nitrogens is 3. The Bertz CT molecular complexity index is 636. The number of amides is 1. The van der Waals surface area contributed by atoms with Crippen molar-refractivity contribution in [1.29, 1.82) is 0 Å². The molecule has 0 radical (unpaired) electrons. The van der Waals surface area contributed by atoms with Crippen LogP contribution in [0.3, 0.4) is 0 Å². The summed E-state index contributed by atoms with van der Waals surface area (Å²) in [7, 11) is 0. The first-order chi connectivity index (χ1) is 9.94. The summed E-state index contributed by atoms with van der Waals surface area (Å²) in [6, 6.07) is 1.77. The Balaban J connectivity index is 2.06. The lowest BCUT2D eigenvalue weighted by Crippen LogP contribution is -2.24. The molecule has 0 saturated carbocycles. The van der Waals surface area contributed by atoms with Gasteiger partial charge in [0.1, 0.15) is 11.5 Å². The van der Waals surface area contributed by atoms with Gasteiger partial charge in [-0.05, 0) is 32.3 Å². The van der Waals surface area contributed by atoms with Crippen LogP contribution in [0.15, 0.2) is 11.4 Å². The molecule has 0 aliphatic rings. The van der Waals surface area contributed by atoms with Crippen molar-refractivity contribution >= 4 is 17.2 Å². The average Bonchev–Trinajstić information content (AvgIpc) is 2.80. The molecule has 0 unspecified atom stereocenters. The van der Waals surface area contributed by atoms with Gasteiger partial charge in [0.2, 0.25) is 0 Å². The van der Waals surface area contributed by atoms with Gasteiger partial charge in [-0.2, -0.15) is 0 Å². The van der Waals surface area contributed by atoms with Crippen molar-refractivity contribution in [2.75, 3.05) is 0 Å². The van der Waals surface area contributed by atoms with Crippen LogP contribution in [-0.2, 0) is 13.0 Å². The van der Waals surface area contributed by atoms with Gasteiger partial charge in [0, 0.05) is 11.1 Å². The van der Waals surface area contributed by atoms with Crippen molar-refractivity contribution in [2.45, 2.75) is 40.7 Å². The molecule has 0 aromatic carbocycles. The van der Waals surface area contributed by atoms with Crippen LogP contribution in [0, 0.1) is 19.8 Å². The van der Waals surface area contributed by atoms with Crippen LogP contribution in [-0.4, -0.2) is 20.9 Å². The predicted molar refractivity (Wildman–Crippen MR) is 83.3 cm³/mol. The second-order valence-electron chi connectivity index (χ2n) is 5.43. The Morgan fingerprint density at radius 1 is 1.24 bits per heavy atom. The maximum atomic E-state index is 12.2. The molecule has 0 spiro atoms. The largest absolute Gasteiger partial charge is 0.345 e. The zero-order chi connectivity index (χ0) is 15.4. The van der Waals surface area contributed by atoms with E-state index in [9.17, 15) is 4.79 Å². The fourth-order valence-electron chi connectivity index (χ4n) is 2.02. The van der Waals surface area contributed by atoms with Gasteiger partial charge >= 0.3 is 0 Å². The van der Waals surface area contributed by atoms with Gasteiger partial charge in [0.15, 0.2) is 0 Å². The lowest BCUT2D eigenvalue weighted by Gasteiger charge is -2.08. The molecule has 0 bridgehead atoms. The first kappa shape index (κ1) is 15.6. The van der Waals surface area contributed by atoms with Crippen molar-refractivity contribution in [1.82, 2.24) is 20.3 Å². The average molecular weight is 304 g/mol. The molecular formula is C15H20N4OS. The molecule has 2 heterocycles. The summed E-state index contributed by atoms with van der Waals surface area (Å²) in [6.07, 6.45) is 0.842. The Morgan fingerprint density at radius 3 is 2.62 bits per heavy atom. The normalized spacial score (nSPS) is 10.9. The minimum absolute atomic E-state index is 0.184. The number of nitrogens with zero attached hydrogens (tertiary/aromatic N) is 3. The first-order valence-corrected chi connectivity index (χ1v) is 7.85. The predicted octanol–water partition coefficient (Wildman–Crippen LogP) is 2.68. The van der Waals surface area contributed by atoms with Crippen molar-refractivity contribution < 1.29 is 4.79 Å². The Labute approximate surface area is 128 Å². The van der Waals surface area contributed by atoms with E-state index in [1.807, 2.05) is 19.2 Å². The summed E-state index contributed by atoms with van der Waals surface area (Å²) in [6.45, 7) is 8.43. The summed E-state index contributed by atoms with van der Waals surface area (Å²) in [5.74, 6) is 0.937. The van der Waals surface area contributed by atoms with E-state index in [4.69, 9.17) is 0 Å². The van der Waals surface area contributed by atoms with E-state index < -0.39 is 0 Å². The van der Waals surface area contributed by atoms with Crippen LogP contribution in [0.2, 0.25) is 0 Å². The maximum Gasteiger partial charge on any atom is 0.270 e. The fourth-order valence-corrected chi connectivity index (χ4v) is 2.63. The monoisotopic (exact) mass is 304 g/mol. The molecule has 0 saturated heterocycles. The molecule has 2 rings (SSSR count). The van der Waals surface area contributed by atoms with Gasteiger partial charge in [-0.15, -0.1) is 11.3 Å². The molecular weight excluding hydrogens is 284 g/mol. The lowest BCUT2D eigenvalue weighted by molar-refractivity contribution is 0.0945. The Hall–Kier alpha value is -1.82. The van der Waals surface area contributed by atoms with Crippen molar-refractivity contribution in [3.63, 3.8) is 0 Å². The third-order valence-corrected chi connectivity index (χ3v) is 3.66. The third-order valence-electron chi connectivity index (χ3n) is 2.84. The van der Waals surface area contributed by atoms with Crippen LogP contribution in [0.4, 0.5) is 0 Å². The molecule has 0 fully saturated rings. The highest BCUT2D eigenvalue weighted by Crippen LogP contribution is 2.09. The van der Waals surface area contributed by atoms with Crippen LogP contribution in [0.1, 0.15) is 46.6 Å². The molecule has 2 aromatic heterocycles. The van der Waals surface area contributed by atoms with Crippen LogP contribution in [0.5, 0.6) is 0 Å². The topological polar surface area (TPSA) is 67.8 Å². The SMILES string of the molecule is Cc1nc(CC(C)C)cc(C(=O)NCc2csc(C)n2)n1. The van der Waals surface area contributed by atoms with Gasteiger partial charge in [0.25, 0.3) is 5.91 Å². The molecule has 1 amide bonds. The van der Waals surface area contributed by atoms with Crippen molar-refractivity contribution in [3.8, 4) is 0 Å². The number of thiazole rings is 1. The highest BCUT2D eigenvalue weighted by atomic mass is 32.1. The van der Waals surface area contributed by atoms with Gasteiger partial charge in [-0.25, -0.2) is 15.0 Å². The molecule has 1 N–H and O–H groups in total. The van der Waals surface area contributed by atoms with E-state index in [1.54, 1.807) is 17.4 Å². The molecule has 0 aliphatic heterocycles. The zero-order valence-corrected chi connectivity index (χ0v) is 13.6. The molecule has 21 heavy (non-hydrogen) atoms. The third kappa shape index (κ3) is 4.60. The highest BCUT2D eigenvalue weighted by Gasteiger charge is 2.11. The lowest BCUT2D eigenvalue weighted by atomic mass is 10.1. The maximum absolute atomic E-state index is 12.2. The molecule has 2 aromatic rings. The first-order valence-electron chi connectivity index (χ1n) is 6.98. The van der Waals surface area contributed by atoms with E-state index in [0.717, 1.165) is 22.8 Å². The molecule has 6 heteroatoms. The van der Waals surface area contributed by atoms with Crippen LogP contribution >= 0.6 is 11.3 Å². The van der Waals surface area contributed by atoms with Gasteiger partial charge in [-0.3, -0.25) is 4.79 Å². The summed E-state index contributed by atoms with van der Waals surface area (Å²) in [4.78, 5) is 25.1. The quantitative estimate of drug-likeness (QED) is 0.922. The van der Waals surface area contributed by atoms with E-state index in [-0.39, 0.29) is 5.91 Å². The fraction of sp³-hybridized carbons (Fsp3) is 0.467. The minimum atomic E-state index is -0.184. The Kier molecular flexibility index (Phi) is 5.01. The number of rotatable bonds is 5. The van der Waals surface area contributed by atoms with Crippen molar-refractivity contribution in [2.24, 2.45) is 5.92 Å². The van der Waals surface area contributed by atoms with E-state index in [2.05, 4.69) is 34.1 Å². The highest BCUT2D eigenvalue weighted by molar-refractivity contribution is 7.09. The number of carbonyl (C=O) groups is 1. The summed E-state index contributed by atoms with van der Waals surface area (Å²) in [5, 5.41) is 5.80. The van der Waals surface area contributed by atoms with Gasteiger partial charge in [0.05, 0.1) is 17.2 Å². The number of aryl methyl sites for hydroxylation is 2. The summed E-state index contributed by atoms with van der Waals surface area (Å²) < 4.78 is 0. The molecule has 0 atom stereocenters. The number of carbonyl (C=O) groups excluding carboxylic acids is 1. The van der Waals surface area contributed by atoms with Gasteiger partial charge in [-0.1, -0.05) is 13.8 Å². The number of hydrogen-bond acceptors (Lipinski definition) is 5. The van der Waals surface area contributed by atoms with Crippen LogP contribution < -0.4 is 5.32 Å². The second-order valence-corrected chi connectivity index (χ2v) is 6.49. The van der Waals surface area contributed by atoms with E-state index in [0.29, 0.717) is 24.0 Å². The number of nitrogens with one attached hydrogen (secondary N) is 1. The van der Waals surface area contributed by atoms with E-state index in [1.165, 1.54) is 0 Å². The molecule has 112 valence electrons. The van der Waals surface area contributed by atoms with E-state index >= 15 is 0 Å². The zero-order valence-electron chi connectivity index (χ0n) is 12.8. The Morgan fingerprint density at radius 2 is 2.00 bits per heavy atom. The summed E-state index contributed by atoms with van der Waals surface area (Å²) in [5.41, 5.74) is 2.20. The van der Waals surface area contributed by atoms with Gasteiger partial charge < -0.3 is 5.32 Å². The summed E-state index contributed by atoms with van der Waals surface area (Å²) >= 11 is 1.58. The smallest absolute Gasteiger partial charge is 0.270 e. The number of hydrogen-bond donors (Lipinski definition) is 1. The standard InChI is InChI=1S/C15H20N4OS/c1-9(2)5-12-6-14(18-10(3)17-12)15(20)16-7-13-8-21-11(4)19-13/h6,8-9H,5,7H2,1-4H3,(H,16,20). The van der Waals surface area contributed by atoms with Crippen LogP contribution in [0.25, 0.3) is 0 Å². The minimum Gasteiger partial charge on any atom is -0.345 e. The molecule has 0 aliphatic carbocycles. The molecule has 5 nitrogen and oxygen atoms in total. The second kappa shape index (κ2) is 6.76.